The first kappa shape index (κ1) is 11.0. The Morgan fingerprint density at radius 2 is 2.19 bits per heavy atom. The molecule has 2 amide bonds. The molecular formula is C11H12N2O2S. The van der Waals surface area contributed by atoms with Gasteiger partial charge >= 0.3 is 0 Å². The second kappa shape index (κ2) is 4.17. The van der Waals surface area contributed by atoms with E-state index in [2.05, 4.69) is 5.32 Å². The van der Waals surface area contributed by atoms with Gasteiger partial charge in [-0.15, -0.1) is 11.8 Å². The fourth-order valence-electron chi connectivity index (χ4n) is 1.52. The number of rotatable bonds is 2. The van der Waals surface area contributed by atoms with Gasteiger partial charge in [0, 0.05) is 17.0 Å². The molecule has 0 saturated carbocycles. The molecule has 1 aromatic carbocycles. The molecule has 0 radical (unpaired) electrons. The molecule has 0 aromatic heterocycles. The van der Waals surface area contributed by atoms with E-state index in [0.717, 1.165) is 10.5 Å². The van der Waals surface area contributed by atoms with Crippen LogP contribution >= 0.6 is 11.8 Å². The van der Waals surface area contributed by atoms with Crippen LogP contribution in [0.15, 0.2) is 23.1 Å². The Bertz CT molecular complexity index is 459. The second-order valence-electron chi connectivity index (χ2n) is 3.75. The normalized spacial score (nSPS) is 19.9. The molecule has 5 heteroatoms. The van der Waals surface area contributed by atoms with Gasteiger partial charge in [0.1, 0.15) is 0 Å². The number of nitrogen functional groups attached to an aromatic ring is 1. The van der Waals surface area contributed by atoms with Gasteiger partial charge in [-0.3, -0.25) is 14.9 Å². The van der Waals surface area contributed by atoms with Crippen molar-refractivity contribution < 1.29 is 9.59 Å². The van der Waals surface area contributed by atoms with E-state index in [1.54, 1.807) is 0 Å². The molecule has 0 bridgehead atoms. The first-order valence-corrected chi connectivity index (χ1v) is 5.80. The Balaban J connectivity index is 2.18. The van der Waals surface area contributed by atoms with Crippen molar-refractivity contribution in [3.05, 3.63) is 23.8 Å². The van der Waals surface area contributed by atoms with Gasteiger partial charge in [0.15, 0.2) is 0 Å². The lowest BCUT2D eigenvalue weighted by Gasteiger charge is -2.09. The number of hydrogen-bond acceptors (Lipinski definition) is 4. The predicted octanol–water partition coefficient (Wildman–Crippen LogP) is 1.08. The maximum atomic E-state index is 11.4. The van der Waals surface area contributed by atoms with E-state index >= 15 is 0 Å². The Morgan fingerprint density at radius 1 is 1.44 bits per heavy atom. The van der Waals surface area contributed by atoms with Crippen molar-refractivity contribution in [2.45, 2.75) is 23.5 Å². The van der Waals surface area contributed by atoms with Gasteiger partial charge in [-0.05, 0) is 24.6 Å². The molecule has 1 fully saturated rings. The molecule has 16 heavy (non-hydrogen) atoms. The third-order valence-electron chi connectivity index (χ3n) is 2.41. The van der Waals surface area contributed by atoms with E-state index in [-0.39, 0.29) is 23.5 Å². The highest BCUT2D eigenvalue weighted by atomic mass is 32.2. The summed E-state index contributed by atoms with van der Waals surface area (Å²) in [7, 11) is 0. The summed E-state index contributed by atoms with van der Waals surface area (Å²) in [4.78, 5) is 23.4. The van der Waals surface area contributed by atoms with E-state index in [9.17, 15) is 9.59 Å². The number of hydrogen-bond donors (Lipinski definition) is 2. The SMILES string of the molecule is Cc1ccc(N)cc1SC1CC(=O)NC1=O. The third-order valence-corrected chi connectivity index (χ3v) is 3.77. The van der Waals surface area contributed by atoms with Crippen molar-refractivity contribution in [1.82, 2.24) is 5.32 Å². The molecule has 1 atom stereocenters. The molecule has 1 aliphatic rings. The van der Waals surface area contributed by atoms with E-state index < -0.39 is 0 Å². The zero-order chi connectivity index (χ0) is 11.7. The zero-order valence-electron chi connectivity index (χ0n) is 8.82. The first-order valence-electron chi connectivity index (χ1n) is 4.93. The lowest BCUT2D eigenvalue weighted by Crippen LogP contribution is -2.23. The van der Waals surface area contributed by atoms with Crippen molar-refractivity contribution >= 4 is 29.3 Å². The molecule has 1 unspecified atom stereocenters. The molecule has 1 aromatic rings. The van der Waals surface area contributed by atoms with Crippen molar-refractivity contribution in [1.29, 1.82) is 0 Å². The summed E-state index contributed by atoms with van der Waals surface area (Å²) in [5.41, 5.74) is 7.41. The number of carbonyl (C=O) groups excluding carboxylic acids is 2. The number of carbonyl (C=O) groups is 2. The lowest BCUT2D eigenvalue weighted by molar-refractivity contribution is -0.124. The molecule has 3 N–H and O–H groups in total. The second-order valence-corrected chi connectivity index (χ2v) is 4.99. The predicted molar refractivity (Wildman–Crippen MR) is 63.0 cm³/mol. The van der Waals surface area contributed by atoms with Crippen molar-refractivity contribution in [3.8, 4) is 0 Å². The minimum Gasteiger partial charge on any atom is -0.399 e. The van der Waals surface area contributed by atoms with Crippen LogP contribution in [0, 0.1) is 6.92 Å². The molecule has 2 rings (SSSR count). The minimum atomic E-state index is -0.326. The summed E-state index contributed by atoms with van der Waals surface area (Å²) >= 11 is 1.39. The quantitative estimate of drug-likeness (QED) is 0.595. The van der Waals surface area contributed by atoms with Gasteiger partial charge in [0.25, 0.3) is 0 Å². The molecular weight excluding hydrogens is 224 g/mol. The zero-order valence-corrected chi connectivity index (χ0v) is 9.64. The fourth-order valence-corrected chi connectivity index (χ4v) is 2.69. The van der Waals surface area contributed by atoms with Gasteiger partial charge in [-0.25, -0.2) is 0 Å². The Morgan fingerprint density at radius 3 is 2.81 bits per heavy atom. The summed E-state index contributed by atoms with van der Waals surface area (Å²) in [5, 5.41) is 1.97. The topological polar surface area (TPSA) is 72.2 Å². The summed E-state index contributed by atoms with van der Waals surface area (Å²) in [6.45, 7) is 1.95. The van der Waals surface area contributed by atoms with Crippen LogP contribution in [-0.2, 0) is 9.59 Å². The van der Waals surface area contributed by atoms with Crippen LogP contribution in [0.5, 0.6) is 0 Å². The molecule has 1 saturated heterocycles. The molecule has 0 aliphatic carbocycles. The monoisotopic (exact) mass is 236 g/mol. The third kappa shape index (κ3) is 2.19. The number of amides is 2. The summed E-state index contributed by atoms with van der Waals surface area (Å²) in [6.07, 6.45) is 0.248. The molecule has 84 valence electrons. The minimum absolute atomic E-state index is 0.205. The van der Waals surface area contributed by atoms with Crippen LogP contribution in [0.4, 0.5) is 5.69 Å². The maximum Gasteiger partial charge on any atom is 0.240 e. The number of imide groups is 1. The number of benzene rings is 1. The smallest absolute Gasteiger partial charge is 0.240 e. The van der Waals surface area contributed by atoms with E-state index in [1.165, 1.54) is 11.8 Å². The van der Waals surface area contributed by atoms with E-state index in [4.69, 9.17) is 5.73 Å². The summed E-state index contributed by atoms with van der Waals surface area (Å²) in [6, 6.07) is 5.56. The Labute approximate surface area is 97.6 Å². The van der Waals surface area contributed by atoms with E-state index in [1.807, 2.05) is 25.1 Å². The van der Waals surface area contributed by atoms with E-state index in [0.29, 0.717) is 5.69 Å². The average molecular weight is 236 g/mol. The molecule has 4 nitrogen and oxygen atoms in total. The summed E-state index contributed by atoms with van der Waals surface area (Å²) < 4.78 is 0. The van der Waals surface area contributed by atoms with Crippen LogP contribution in [0.3, 0.4) is 0 Å². The molecule has 0 spiro atoms. The highest BCUT2D eigenvalue weighted by molar-refractivity contribution is 8.00. The number of anilines is 1. The highest BCUT2D eigenvalue weighted by Gasteiger charge is 2.31. The summed E-state index contributed by atoms with van der Waals surface area (Å²) in [5.74, 6) is -0.416. The van der Waals surface area contributed by atoms with Crippen molar-refractivity contribution in [3.63, 3.8) is 0 Å². The van der Waals surface area contributed by atoms with Gasteiger partial charge in [0.2, 0.25) is 11.8 Å². The number of aryl methyl sites for hydroxylation is 1. The van der Waals surface area contributed by atoms with Crippen LogP contribution < -0.4 is 11.1 Å². The Kier molecular flexibility index (Phi) is 2.87. The fraction of sp³-hybridized carbons (Fsp3) is 0.273. The van der Waals surface area contributed by atoms with Crippen LogP contribution in [-0.4, -0.2) is 17.1 Å². The number of thioether (sulfide) groups is 1. The Hall–Kier alpha value is -1.49. The van der Waals surface area contributed by atoms with Crippen LogP contribution in [0.2, 0.25) is 0 Å². The van der Waals surface area contributed by atoms with Gasteiger partial charge in [-0.1, -0.05) is 6.07 Å². The molecule has 1 heterocycles. The van der Waals surface area contributed by atoms with Gasteiger partial charge < -0.3 is 5.73 Å². The largest absolute Gasteiger partial charge is 0.399 e. The number of nitrogens with two attached hydrogens (primary N) is 1. The maximum absolute atomic E-state index is 11.4. The van der Waals surface area contributed by atoms with Crippen LogP contribution in [0.1, 0.15) is 12.0 Å². The van der Waals surface area contributed by atoms with Crippen LogP contribution in [0.25, 0.3) is 0 Å². The van der Waals surface area contributed by atoms with Crippen molar-refractivity contribution in [2.75, 3.05) is 5.73 Å². The lowest BCUT2D eigenvalue weighted by atomic mass is 10.2. The number of nitrogens with one attached hydrogen (secondary N) is 1. The average Bonchev–Trinajstić information content (AvgIpc) is 2.51. The van der Waals surface area contributed by atoms with Gasteiger partial charge in [0.05, 0.1) is 5.25 Å². The van der Waals surface area contributed by atoms with Crippen molar-refractivity contribution in [2.24, 2.45) is 0 Å². The first-order chi connectivity index (χ1) is 7.56. The highest BCUT2D eigenvalue weighted by Crippen LogP contribution is 2.31. The molecule has 1 aliphatic heterocycles. The van der Waals surface area contributed by atoms with Gasteiger partial charge in [-0.2, -0.15) is 0 Å². The standard InChI is InChI=1S/C11H12N2O2S/c1-6-2-3-7(12)4-8(6)16-9-5-10(14)13-11(9)15/h2-4,9H,5,12H2,1H3,(H,13,14,15).